The highest BCUT2D eigenvalue weighted by molar-refractivity contribution is 5.87. The number of ether oxygens (including phenoxy) is 1. The number of aromatic carboxylic acids is 1. The lowest BCUT2D eigenvalue weighted by Gasteiger charge is -2.19. The van der Waals surface area contributed by atoms with E-state index < -0.39 is 5.97 Å². The highest BCUT2D eigenvalue weighted by Gasteiger charge is 2.02. The average Bonchev–Trinajstić information content (AvgIpc) is 2.50. The van der Waals surface area contributed by atoms with Gasteiger partial charge >= 0.3 is 5.97 Å². The minimum atomic E-state index is -0.921. The van der Waals surface area contributed by atoms with E-state index in [1.165, 1.54) is 6.42 Å². The van der Waals surface area contributed by atoms with Gasteiger partial charge in [0.2, 0.25) is 0 Å². The predicted octanol–water partition coefficient (Wildman–Crippen LogP) is 2.09. The smallest absolute Gasteiger partial charge is 0.335 e. The van der Waals surface area contributed by atoms with Crippen molar-refractivity contribution in [1.82, 2.24) is 10.2 Å². The molecule has 0 fully saturated rings. The lowest BCUT2D eigenvalue weighted by Crippen LogP contribution is -2.34. The number of hydrogen-bond donors (Lipinski definition) is 2. The van der Waals surface area contributed by atoms with E-state index in [9.17, 15) is 4.79 Å². The zero-order valence-electron chi connectivity index (χ0n) is 13.0. The third kappa shape index (κ3) is 7.11. The molecule has 0 unspecified atom stereocenters. The molecule has 0 radical (unpaired) electrons. The summed E-state index contributed by atoms with van der Waals surface area (Å²) in [7, 11) is 0. The Balaban J connectivity index is 2.12. The highest BCUT2D eigenvalue weighted by Crippen LogP contribution is 2.11. The molecule has 0 aliphatic rings. The van der Waals surface area contributed by atoms with Gasteiger partial charge in [0.25, 0.3) is 0 Å². The Morgan fingerprint density at radius 2 is 1.90 bits per heavy atom. The normalized spacial score (nSPS) is 10.8. The summed E-state index contributed by atoms with van der Waals surface area (Å²) in [5.74, 6) is -0.223. The molecule has 0 heterocycles. The van der Waals surface area contributed by atoms with Gasteiger partial charge < -0.3 is 20.1 Å². The van der Waals surface area contributed by atoms with E-state index >= 15 is 0 Å². The summed E-state index contributed by atoms with van der Waals surface area (Å²) in [5, 5.41) is 12.1. The standard InChI is InChI=1S/C16H26N2O3/c1-3-11-18(4-2)12-9-17-10-13-21-15-7-5-14(6-8-15)16(19)20/h5-8,17H,3-4,9-13H2,1-2H3,(H,19,20). The fraction of sp³-hybridized carbons (Fsp3) is 0.562. The third-order valence-corrected chi connectivity index (χ3v) is 3.24. The number of nitrogens with one attached hydrogen (secondary N) is 1. The van der Waals surface area contributed by atoms with Crippen LogP contribution in [-0.2, 0) is 0 Å². The number of hydrogen-bond acceptors (Lipinski definition) is 4. The van der Waals surface area contributed by atoms with Crippen LogP contribution in [0.1, 0.15) is 30.6 Å². The maximum atomic E-state index is 10.7. The number of carboxylic acid groups (broad SMARTS) is 1. The molecule has 0 saturated carbocycles. The van der Waals surface area contributed by atoms with Gasteiger partial charge in [0, 0.05) is 19.6 Å². The zero-order valence-corrected chi connectivity index (χ0v) is 13.0. The van der Waals surface area contributed by atoms with Gasteiger partial charge in [0.1, 0.15) is 12.4 Å². The molecule has 0 aromatic heterocycles. The molecule has 5 heteroatoms. The van der Waals surface area contributed by atoms with Gasteiger partial charge in [-0.2, -0.15) is 0 Å². The van der Waals surface area contributed by atoms with Crippen molar-refractivity contribution in [2.45, 2.75) is 20.3 Å². The van der Waals surface area contributed by atoms with E-state index in [0.29, 0.717) is 12.4 Å². The Labute approximate surface area is 126 Å². The van der Waals surface area contributed by atoms with Gasteiger partial charge in [-0.3, -0.25) is 0 Å². The monoisotopic (exact) mass is 294 g/mol. The number of benzene rings is 1. The van der Waals surface area contributed by atoms with E-state index in [1.54, 1.807) is 24.3 Å². The molecule has 0 amide bonds. The van der Waals surface area contributed by atoms with E-state index in [1.807, 2.05) is 0 Å². The quantitative estimate of drug-likeness (QED) is 0.612. The lowest BCUT2D eigenvalue weighted by atomic mass is 10.2. The Morgan fingerprint density at radius 1 is 1.19 bits per heavy atom. The maximum Gasteiger partial charge on any atom is 0.335 e. The molecule has 5 nitrogen and oxygen atoms in total. The van der Waals surface area contributed by atoms with Gasteiger partial charge in [0.15, 0.2) is 0 Å². The van der Waals surface area contributed by atoms with E-state index in [2.05, 4.69) is 24.1 Å². The summed E-state index contributed by atoms with van der Waals surface area (Å²) < 4.78 is 5.55. The second kappa shape index (κ2) is 10.2. The molecule has 0 spiro atoms. The molecule has 0 aliphatic carbocycles. The van der Waals surface area contributed by atoms with Gasteiger partial charge in [-0.25, -0.2) is 4.79 Å². The Hall–Kier alpha value is -1.59. The summed E-state index contributed by atoms with van der Waals surface area (Å²) in [6.07, 6.45) is 1.18. The largest absolute Gasteiger partial charge is 0.492 e. The first-order valence-electron chi connectivity index (χ1n) is 7.56. The zero-order chi connectivity index (χ0) is 15.5. The summed E-state index contributed by atoms with van der Waals surface area (Å²) in [4.78, 5) is 13.1. The molecule has 21 heavy (non-hydrogen) atoms. The molecular formula is C16H26N2O3. The molecule has 1 aromatic carbocycles. The minimum Gasteiger partial charge on any atom is -0.492 e. The summed E-state index contributed by atoms with van der Waals surface area (Å²) in [5.41, 5.74) is 0.274. The fourth-order valence-corrected chi connectivity index (χ4v) is 2.04. The highest BCUT2D eigenvalue weighted by atomic mass is 16.5. The van der Waals surface area contributed by atoms with E-state index in [-0.39, 0.29) is 5.56 Å². The van der Waals surface area contributed by atoms with Crippen molar-refractivity contribution in [1.29, 1.82) is 0 Å². The minimum absolute atomic E-state index is 0.274. The number of carbonyl (C=O) groups is 1. The lowest BCUT2D eigenvalue weighted by molar-refractivity contribution is 0.0697. The van der Waals surface area contributed by atoms with Gasteiger partial charge in [0.05, 0.1) is 5.56 Å². The second-order valence-electron chi connectivity index (χ2n) is 4.86. The van der Waals surface area contributed by atoms with Crippen molar-refractivity contribution in [3.05, 3.63) is 29.8 Å². The molecule has 118 valence electrons. The van der Waals surface area contributed by atoms with Gasteiger partial charge in [-0.15, -0.1) is 0 Å². The summed E-state index contributed by atoms with van der Waals surface area (Å²) in [6, 6.07) is 6.47. The summed E-state index contributed by atoms with van der Waals surface area (Å²) in [6.45, 7) is 9.97. The van der Waals surface area contributed by atoms with Crippen LogP contribution in [0.15, 0.2) is 24.3 Å². The molecule has 0 bridgehead atoms. The van der Waals surface area contributed by atoms with Crippen LogP contribution in [0.3, 0.4) is 0 Å². The van der Waals surface area contributed by atoms with Crippen molar-refractivity contribution in [2.75, 3.05) is 39.3 Å². The van der Waals surface area contributed by atoms with Gasteiger partial charge in [-0.1, -0.05) is 13.8 Å². The van der Waals surface area contributed by atoms with Crippen LogP contribution in [0, 0.1) is 0 Å². The first kappa shape index (κ1) is 17.5. The first-order valence-corrected chi connectivity index (χ1v) is 7.56. The fourth-order valence-electron chi connectivity index (χ4n) is 2.04. The molecule has 1 aromatic rings. The molecule has 0 saturated heterocycles. The van der Waals surface area contributed by atoms with Crippen molar-refractivity contribution in [2.24, 2.45) is 0 Å². The molecule has 2 N–H and O–H groups in total. The SMILES string of the molecule is CCCN(CC)CCNCCOc1ccc(C(=O)O)cc1. The van der Waals surface area contributed by atoms with Crippen LogP contribution in [-0.4, -0.2) is 55.3 Å². The topological polar surface area (TPSA) is 61.8 Å². The third-order valence-electron chi connectivity index (χ3n) is 3.24. The van der Waals surface area contributed by atoms with Gasteiger partial charge in [-0.05, 0) is 43.8 Å². The van der Waals surface area contributed by atoms with Crippen LogP contribution in [0.4, 0.5) is 0 Å². The molecule has 1 rings (SSSR count). The average molecular weight is 294 g/mol. The predicted molar refractivity (Wildman–Crippen MR) is 84.2 cm³/mol. The van der Waals surface area contributed by atoms with E-state index in [0.717, 1.165) is 32.7 Å². The van der Waals surface area contributed by atoms with Crippen LogP contribution in [0.5, 0.6) is 5.75 Å². The number of likely N-dealkylation sites (N-methyl/N-ethyl adjacent to an activating group) is 1. The number of carboxylic acids is 1. The van der Waals surface area contributed by atoms with Crippen LogP contribution < -0.4 is 10.1 Å². The van der Waals surface area contributed by atoms with Crippen molar-refractivity contribution in [3.8, 4) is 5.75 Å². The van der Waals surface area contributed by atoms with Crippen LogP contribution >= 0.6 is 0 Å². The van der Waals surface area contributed by atoms with Crippen molar-refractivity contribution >= 4 is 5.97 Å². The molecule has 0 aliphatic heterocycles. The number of rotatable bonds is 11. The first-order chi connectivity index (χ1) is 10.2. The maximum absolute atomic E-state index is 10.7. The van der Waals surface area contributed by atoms with Crippen LogP contribution in [0.25, 0.3) is 0 Å². The summed E-state index contributed by atoms with van der Waals surface area (Å²) >= 11 is 0. The molecular weight excluding hydrogens is 268 g/mol. The van der Waals surface area contributed by atoms with Crippen molar-refractivity contribution < 1.29 is 14.6 Å². The second-order valence-corrected chi connectivity index (χ2v) is 4.86. The number of nitrogens with zero attached hydrogens (tertiary/aromatic N) is 1. The van der Waals surface area contributed by atoms with Crippen molar-refractivity contribution in [3.63, 3.8) is 0 Å². The Bertz CT molecular complexity index is 406. The Morgan fingerprint density at radius 3 is 2.48 bits per heavy atom. The van der Waals surface area contributed by atoms with E-state index in [4.69, 9.17) is 9.84 Å². The molecule has 0 atom stereocenters. The van der Waals surface area contributed by atoms with Crippen LogP contribution in [0.2, 0.25) is 0 Å². The Kier molecular flexibility index (Phi) is 8.47.